The Bertz CT molecular complexity index is 659. The van der Waals surface area contributed by atoms with E-state index in [2.05, 4.69) is 5.10 Å². The van der Waals surface area contributed by atoms with Crippen molar-refractivity contribution in [3.8, 4) is 11.1 Å². The highest BCUT2D eigenvalue weighted by molar-refractivity contribution is 6.33. The standard InChI is InChI=1S/C14H13ClN2O2/c1-9(5-14(18)19)10-3-4-13(15)12(6-10)11-7-16-17(2)8-11/h3-8H,1-2H3,(H,18,19)/b9-5+. The fraction of sp³-hybridized carbons (Fsp3) is 0.143. The molecule has 0 saturated carbocycles. The van der Waals surface area contributed by atoms with Crippen LogP contribution in [-0.4, -0.2) is 20.9 Å². The van der Waals surface area contributed by atoms with Crippen LogP contribution >= 0.6 is 11.6 Å². The number of aromatic nitrogens is 2. The lowest BCUT2D eigenvalue weighted by Gasteiger charge is -2.06. The predicted octanol–water partition coefficient (Wildman–Crippen LogP) is 3.23. The van der Waals surface area contributed by atoms with Crippen LogP contribution in [0.25, 0.3) is 16.7 Å². The van der Waals surface area contributed by atoms with Crippen molar-refractivity contribution in [2.24, 2.45) is 7.05 Å². The minimum absolute atomic E-state index is 0.611. The zero-order valence-corrected chi connectivity index (χ0v) is 11.3. The number of allylic oxidation sites excluding steroid dienone is 1. The molecule has 0 aliphatic heterocycles. The lowest BCUT2D eigenvalue weighted by molar-refractivity contribution is -0.131. The zero-order valence-electron chi connectivity index (χ0n) is 10.6. The molecule has 19 heavy (non-hydrogen) atoms. The van der Waals surface area contributed by atoms with Crippen LogP contribution < -0.4 is 0 Å². The van der Waals surface area contributed by atoms with Gasteiger partial charge in [-0.1, -0.05) is 17.7 Å². The van der Waals surface area contributed by atoms with Gasteiger partial charge in [-0.25, -0.2) is 4.79 Å². The average molecular weight is 277 g/mol. The zero-order chi connectivity index (χ0) is 14.0. The van der Waals surface area contributed by atoms with Crippen molar-refractivity contribution < 1.29 is 9.90 Å². The Morgan fingerprint density at radius 1 is 1.47 bits per heavy atom. The Hall–Kier alpha value is -2.07. The summed E-state index contributed by atoms with van der Waals surface area (Å²) in [5.41, 5.74) is 3.24. The molecule has 0 atom stereocenters. The first-order valence-electron chi connectivity index (χ1n) is 5.67. The van der Waals surface area contributed by atoms with E-state index >= 15 is 0 Å². The minimum atomic E-state index is -0.963. The third kappa shape index (κ3) is 3.03. The van der Waals surface area contributed by atoms with Gasteiger partial charge in [0.25, 0.3) is 0 Å². The number of aliphatic carboxylic acids is 1. The molecule has 2 rings (SSSR count). The van der Waals surface area contributed by atoms with Crippen molar-refractivity contribution >= 4 is 23.1 Å². The van der Waals surface area contributed by atoms with Crippen LogP contribution in [0.3, 0.4) is 0 Å². The normalized spacial score (nSPS) is 11.6. The minimum Gasteiger partial charge on any atom is -0.478 e. The highest BCUT2D eigenvalue weighted by atomic mass is 35.5. The maximum Gasteiger partial charge on any atom is 0.328 e. The van der Waals surface area contributed by atoms with Gasteiger partial charge in [0.1, 0.15) is 0 Å². The summed E-state index contributed by atoms with van der Waals surface area (Å²) < 4.78 is 1.69. The molecular formula is C14H13ClN2O2. The summed E-state index contributed by atoms with van der Waals surface area (Å²) in [5, 5.41) is 13.5. The second kappa shape index (κ2) is 5.28. The first-order chi connectivity index (χ1) is 8.97. The fourth-order valence-electron chi connectivity index (χ4n) is 1.82. The van der Waals surface area contributed by atoms with Crippen LogP contribution in [0.2, 0.25) is 5.02 Å². The van der Waals surface area contributed by atoms with Crippen molar-refractivity contribution in [2.45, 2.75) is 6.92 Å². The maximum absolute atomic E-state index is 10.7. The Labute approximate surface area is 115 Å². The first kappa shape index (κ1) is 13.4. The van der Waals surface area contributed by atoms with Crippen molar-refractivity contribution in [2.75, 3.05) is 0 Å². The Balaban J connectivity index is 2.49. The number of nitrogens with zero attached hydrogens (tertiary/aromatic N) is 2. The third-order valence-corrected chi connectivity index (χ3v) is 3.11. The molecule has 1 aromatic carbocycles. The summed E-state index contributed by atoms with van der Waals surface area (Å²) in [6.07, 6.45) is 4.76. The van der Waals surface area contributed by atoms with E-state index < -0.39 is 5.97 Å². The molecule has 0 radical (unpaired) electrons. The van der Waals surface area contributed by atoms with E-state index in [0.29, 0.717) is 10.6 Å². The number of carboxylic acids is 1. The number of rotatable bonds is 3. The Morgan fingerprint density at radius 2 is 2.21 bits per heavy atom. The summed E-state index contributed by atoms with van der Waals surface area (Å²) in [5.74, 6) is -0.963. The van der Waals surface area contributed by atoms with Gasteiger partial charge >= 0.3 is 5.97 Å². The molecule has 1 N–H and O–H groups in total. The van der Waals surface area contributed by atoms with Gasteiger partial charge in [-0.2, -0.15) is 5.10 Å². The predicted molar refractivity (Wildman–Crippen MR) is 74.9 cm³/mol. The quantitative estimate of drug-likeness (QED) is 0.876. The monoisotopic (exact) mass is 276 g/mol. The lowest BCUT2D eigenvalue weighted by atomic mass is 10.0. The summed E-state index contributed by atoms with van der Waals surface area (Å²) in [4.78, 5) is 10.7. The smallest absolute Gasteiger partial charge is 0.328 e. The summed E-state index contributed by atoms with van der Waals surface area (Å²) in [6.45, 7) is 1.75. The highest BCUT2D eigenvalue weighted by Gasteiger charge is 2.08. The number of carboxylic acid groups (broad SMARTS) is 1. The average Bonchev–Trinajstić information content (AvgIpc) is 2.75. The molecule has 0 aliphatic carbocycles. The number of carbonyl (C=O) groups is 1. The van der Waals surface area contributed by atoms with E-state index in [-0.39, 0.29) is 0 Å². The van der Waals surface area contributed by atoms with E-state index in [1.54, 1.807) is 29.9 Å². The van der Waals surface area contributed by atoms with Crippen LogP contribution in [0.1, 0.15) is 12.5 Å². The summed E-state index contributed by atoms with van der Waals surface area (Å²) in [6, 6.07) is 5.43. The fourth-order valence-corrected chi connectivity index (χ4v) is 2.05. The van der Waals surface area contributed by atoms with E-state index in [1.165, 1.54) is 6.08 Å². The van der Waals surface area contributed by atoms with Crippen LogP contribution in [0, 0.1) is 0 Å². The number of aryl methyl sites for hydroxylation is 1. The van der Waals surface area contributed by atoms with E-state index in [4.69, 9.17) is 16.7 Å². The van der Waals surface area contributed by atoms with Gasteiger partial charge in [0.15, 0.2) is 0 Å². The molecule has 2 aromatic rings. The van der Waals surface area contributed by atoms with Crippen LogP contribution in [-0.2, 0) is 11.8 Å². The molecule has 0 bridgehead atoms. The SMILES string of the molecule is C/C(=C\C(=O)O)c1ccc(Cl)c(-c2cnn(C)c2)c1. The molecule has 4 nitrogen and oxygen atoms in total. The summed E-state index contributed by atoms with van der Waals surface area (Å²) in [7, 11) is 1.83. The van der Waals surface area contributed by atoms with Gasteiger partial charge < -0.3 is 5.11 Å². The topological polar surface area (TPSA) is 55.1 Å². The second-order valence-corrected chi connectivity index (χ2v) is 4.67. The van der Waals surface area contributed by atoms with Gasteiger partial charge in [-0.3, -0.25) is 4.68 Å². The van der Waals surface area contributed by atoms with E-state index in [1.807, 2.05) is 19.3 Å². The van der Waals surface area contributed by atoms with Crippen LogP contribution in [0.4, 0.5) is 0 Å². The number of halogens is 1. The molecule has 0 saturated heterocycles. The highest BCUT2D eigenvalue weighted by Crippen LogP contribution is 2.30. The largest absolute Gasteiger partial charge is 0.478 e. The van der Waals surface area contributed by atoms with Gasteiger partial charge in [0, 0.05) is 35.5 Å². The van der Waals surface area contributed by atoms with Crippen LogP contribution in [0.15, 0.2) is 36.7 Å². The van der Waals surface area contributed by atoms with Gasteiger partial charge in [0.2, 0.25) is 0 Å². The number of hydrogen-bond donors (Lipinski definition) is 1. The maximum atomic E-state index is 10.7. The molecular weight excluding hydrogens is 264 g/mol. The first-order valence-corrected chi connectivity index (χ1v) is 6.05. The third-order valence-electron chi connectivity index (χ3n) is 2.78. The Morgan fingerprint density at radius 3 is 2.79 bits per heavy atom. The molecule has 5 heteroatoms. The molecule has 0 aliphatic rings. The van der Waals surface area contributed by atoms with Crippen molar-refractivity contribution in [1.29, 1.82) is 0 Å². The van der Waals surface area contributed by atoms with Gasteiger partial charge in [0.05, 0.1) is 6.20 Å². The summed E-state index contributed by atoms with van der Waals surface area (Å²) >= 11 is 6.18. The molecule has 0 amide bonds. The van der Waals surface area contributed by atoms with E-state index in [9.17, 15) is 4.79 Å². The molecule has 0 fully saturated rings. The van der Waals surface area contributed by atoms with Crippen LogP contribution in [0.5, 0.6) is 0 Å². The van der Waals surface area contributed by atoms with Crippen molar-refractivity contribution in [1.82, 2.24) is 9.78 Å². The molecule has 0 unspecified atom stereocenters. The lowest BCUT2D eigenvalue weighted by Crippen LogP contribution is -1.90. The van der Waals surface area contributed by atoms with Crippen molar-refractivity contribution in [3.63, 3.8) is 0 Å². The second-order valence-electron chi connectivity index (χ2n) is 4.26. The van der Waals surface area contributed by atoms with E-state index in [0.717, 1.165) is 16.7 Å². The van der Waals surface area contributed by atoms with Gasteiger partial charge in [-0.15, -0.1) is 0 Å². The molecule has 0 spiro atoms. The number of hydrogen-bond acceptors (Lipinski definition) is 2. The molecule has 1 heterocycles. The molecule has 1 aromatic heterocycles. The Kier molecular flexibility index (Phi) is 3.71. The number of benzene rings is 1. The van der Waals surface area contributed by atoms with Crippen molar-refractivity contribution in [3.05, 3.63) is 47.3 Å². The molecule has 98 valence electrons. The van der Waals surface area contributed by atoms with Gasteiger partial charge in [-0.05, 0) is 30.2 Å².